The van der Waals surface area contributed by atoms with Gasteiger partial charge < -0.3 is 89.7 Å². The van der Waals surface area contributed by atoms with Gasteiger partial charge in [-0.2, -0.15) is 0 Å². The summed E-state index contributed by atoms with van der Waals surface area (Å²) in [7, 11) is 0. The lowest BCUT2D eigenvalue weighted by molar-refractivity contribution is -0.368. The van der Waals surface area contributed by atoms with Gasteiger partial charge in [0.2, 0.25) is 6.29 Å². The van der Waals surface area contributed by atoms with Gasteiger partial charge >= 0.3 is 5.97 Å². The van der Waals surface area contributed by atoms with Crippen LogP contribution in [-0.2, 0) is 33.2 Å². The highest BCUT2D eigenvalue weighted by molar-refractivity contribution is 5.80. The average molecular weight is 959 g/mol. The Morgan fingerprint density at radius 1 is 0.612 bits per heavy atom. The summed E-state index contributed by atoms with van der Waals surface area (Å²) in [5, 5.41) is 128. The summed E-state index contributed by atoms with van der Waals surface area (Å²) < 4.78 is 35.5. The van der Waals surface area contributed by atoms with Crippen molar-refractivity contribution < 1.29 is 94.5 Å². The fraction of sp³-hybridized carbons (Fsp3) is 0.938. The van der Waals surface area contributed by atoms with Gasteiger partial charge in [0, 0.05) is 0 Å². The van der Waals surface area contributed by atoms with E-state index in [-0.39, 0.29) is 34.5 Å². The van der Waals surface area contributed by atoms with Crippen LogP contribution in [0.5, 0.6) is 0 Å². The van der Waals surface area contributed by atoms with Crippen molar-refractivity contribution in [1.82, 2.24) is 0 Å². The van der Waals surface area contributed by atoms with E-state index in [9.17, 15) is 66.1 Å². The van der Waals surface area contributed by atoms with Gasteiger partial charge in [0.25, 0.3) is 0 Å². The third kappa shape index (κ3) is 8.01. The summed E-state index contributed by atoms with van der Waals surface area (Å²) in [5.74, 6) is -0.875. The number of hydrogen-bond acceptors (Lipinski definition) is 19. The molecule has 67 heavy (non-hydrogen) atoms. The molecule has 19 heteroatoms. The van der Waals surface area contributed by atoms with Gasteiger partial charge in [-0.15, -0.1) is 0 Å². The molecule has 8 rings (SSSR count). The Balaban J connectivity index is 1.01. The summed E-state index contributed by atoms with van der Waals surface area (Å²) in [6, 6.07) is 0. The van der Waals surface area contributed by atoms with Crippen molar-refractivity contribution in [2.75, 3.05) is 19.8 Å². The molecule has 0 aromatic carbocycles. The lowest BCUT2D eigenvalue weighted by atomic mass is 9.33. The first-order valence-electron chi connectivity index (χ1n) is 24.4. The van der Waals surface area contributed by atoms with Gasteiger partial charge in [-0.1, -0.05) is 60.1 Å². The van der Waals surface area contributed by atoms with Crippen molar-refractivity contribution in [3.05, 3.63) is 11.6 Å². The van der Waals surface area contributed by atoms with Gasteiger partial charge in [0.15, 0.2) is 12.6 Å². The zero-order chi connectivity index (χ0) is 49.1. The molecule has 0 aromatic rings. The molecule has 0 bridgehead atoms. The standard InChI is InChI=1S/C48H78O19/c1-43(2)14-15-48(42(61)67-41-36(59)33(56)31(54)24(19-50)63-41)22(16-43)21-8-9-27-45(5)12-11-29(44(3,4)26(45)10-13-46(27,6)47(21,7)17-28(48)52)65-39-37(60)34(57)38(25(20-51)64-39)66-40-35(58)32(55)30(53)23(18-49)62-40/h8,22-41,49-60H,9-20H2,1-7H3/t22?,23-,24-,25-,26?,27?,28?,29?,30-,31-,32-,33-,34+,35-,36-,37-,38+,39+,40+,41+,45?,46?,47?,48?/m1/s1. The minimum Gasteiger partial charge on any atom is -0.432 e. The number of carbonyl (C=O) groups is 1. The van der Waals surface area contributed by atoms with Crippen molar-refractivity contribution >= 4 is 5.97 Å². The second kappa shape index (κ2) is 18.2. The fourth-order valence-electron chi connectivity index (χ4n) is 15.1. The molecule has 0 amide bonds. The van der Waals surface area contributed by atoms with Gasteiger partial charge in [-0.3, -0.25) is 4.79 Å². The van der Waals surface area contributed by atoms with E-state index in [1.54, 1.807) is 0 Å². The Labute approximate surface area is 392 Å². The zero-order valence-electron chi connectivity index (χ0n) is 39.8. The Morgan fingerprint density at radius 2 is 1.16 bits per heavy atom. The molecule has 0 aromatic heterocycles. The van der Waals surface area contributed by atoms with Crippen LogP contribution in [0.1, 0.15) is 106 Å². The minimum atomic E-state index is -1.79. The molecule has 0 radical (unpaired) electrons. The number of fused-ring (bicyclic) bond motifs is 7. The SMILES string of the molecule is CC1(C)CCC2(C(=O)O[C@@H]3O[C@H](CO)[C@@H](O)[C@@H](O)[C@H]3O)C(O)CC3(C)C(=CCC4C5(C)CCC(O[C@@H]6O[C@H](CO)[C@H](O[C@@H]7O[C@H](CO)[C@@H](O)[C@@H](O)[C@H]7O)[C@@H](O)[C@H]6O)C(C)(C)C5CCC43C)C2C1. The second-order valence-corrected chi connectivity index (χ2v) is 23.6. The number of carbonyl (C=O) groups excluding carboxylic acids is 1. The number of aliphatic hydroxyl groups excluding tert-OH is 12. The molecular weight excluding hydrogens is 881 g/mol. The maximum atomic E-state index is 14.7. The average Bonchev–Trinajstić information content (AvgIpc) is 3.27. The van der Waals surface area contributed by atoms with E-state index in [1.165, 1.54) is 0 Å². The fourth-order valence-corrected chi connectivity index (χ4v) is 15.1. The predicted molar refractivity (Wildman–Crippen MR) is 232 cm³/mol. The van der Waals surface area contributed by atoms with E-state index < -0.39 is 152 Å². The number of allylic oxidation sites excluding steroid dienone is 2. The van der Waals surface area contributed by atoms with Crippen molar-refractivity contribution in [1.29, 1.82) is 0 Å². The van der Waals surface area contributed by atoms with Crippen LogP contribution in [0.4, 0.5) is 0 Å². The van der Waals surface area contributed by atoms with Gasteiger partial charge in [0.05, 0.1) is 32.0 Å². The molecule has 7 fully saturated rings. The van der Waals surface area contributed by atoms with Crippen LogP contribution >= 0.6 is 0 Å². The molecule has 12 N–H and O–H groups in total. The largest absolute Gasteiger partial charge is 0.432 e. The lowest BCUT2D eigenvalue weighted by Gasteiger charge is -2.71. The van der Waals surface area contributed by atoms with Crippen LogP contribution in [0.15, 0.2) is 11.6 Å². The van der Waals surface area contributed by atoms with Crippen molar-refractivity contribution in [2.45, 2.75) is 211 Å². The Morgan fingerprint density at radius 3 is 1.78 bits per heavy atom. The van der Waals surface area contributed by atoms with Gasteiger partial charge in [0.1, 0.15) is 78.7 Å². The first kappa shape index (κ1) is 51.9. The predicted octanol–water partition coefficient (Wildman–Crippen LogP) is -0.889. The Kier molecular flexibility index (Phi) is 14.1. The van der Waals surface area contributed by atoms with E-state index in [1.807, 2.05) is 0 Å². The van der Waals surface area contributed by atoms with Crippen LogP contribution in [0.25, 0.3) is 0 Å². The molecule has 384 valence electrons. The van der Waals surface area contributed by atoms with Gasteiger partial charge in [-0.05, 0) is 103 Å². The third-order valence-electron chi connectivity index (χ3n) is 19.3. The monoisotopic (exact) mass is 959 g/mol. The first-order valence-corrected chi connectivity index (χ1v) is 24.4. The van der Waals surface area contributed by atoms with E-state index >= 15 is 0 Å². The molecular formula is C48H78O19. The van der Waals surface area contributed by atoms with Gasteiger partial charge in [-0.25, -0.2) is 0 Å². The molecule has 19 nitrogen and oxygen atoms in total. The Hall–Kier alpha value is -1.47. The van der Waals surface area contributed by atoms with Crippen molar-refractivity contribution in [3.63, 3.8) is 0 Å². The quantitative estimate of drug-likeness (QED) is 0.0758. The molecule has 8 aliphatic rings. The molecule has 4 saturated carbocycles. The molecule has 24 atom stereocenters. The first-order chi connectivity index (χ1) is 31.3. The summed E-state index contributed by atoms with van der Waals surface area (Å²) in [5.41, 5.74) is -1.99. The molecule has 5 aliphatic carbocycles. The van der Waals surface area contributed by atoms with Crippen molar-refractivity contribution in [3.8, 4) is 0 Å². The third-order valence-corrected chi connectivity index (χ3v) is 19.3. The number of esters is 1. The molecule has 9 unspecified atom stereocenters. The summed E-state index contributed by atoms with van der Waals surface area (Å²) in [4.78, 5) is 14.7. The minimum absolute atomic E-state index is 0.117. The van der Waals surface area contributed by atoms with Crippen LogP contribution in [0.2, 0.25) is 0 Å². The smallest absolute Gasteiger partial charge is 0.317 e. The zero-order valence-corrected chi connectivity index (χ0v) is 39.8. The lowest BCUT2D eigenvalue weighted by Crippen LogP contribution is -2.68. The summed E-state index contributed by atoms with van der Waals surface area (Å²) in [6.07, 6.45) is -17.4. The molecule has 3 heterocycles. The maximum Gasteiger partial charge on any atom is 0.317 e. The molecule has 3 aliphatic heterocycles. The highest BCUT2D eigenvalue weighted by Gasteiger charge is 2.72. The highest BCUT2D eigenvalue weighted by atomic mass is 16.7. The van der Waals surface area contributed by atoms with E-state index in [0.29, 0.717) is 25.7 Å². The van der Waals surface area contributed by atoms with Crippen LogP contribution in [-0.4, -0.2) is 191 Å². The number of aliphatic hydroxyl groups is 12. The maximum absolute atomic E-state index is 14.7. The van der Waals surface area contributed by atoms with E-state index in [2.05, 4.69) is 54.5 Å². The summed E-state index contributed by atoms with van der Waals surface area (Å²) in [6.45, 7) is 13.5. The number of hydrogen-bond donors (Lipinski definition) is 12. The highest BCUT2D eigenvalue weighted by Crippen LogP contribution is 2.76. The summed E-state index contributed by atoms with van der Waals surface area (Å²) >= 11 is 0. The molecule has 0 spiro atoms. The number of ether oxygens (including phenoxy) is 6. The number of rotatable bonds is 9. The Bertz CT molecular complexity index is 1830. The van der Waals surface area contributed by atoms with E-state index in [4.69, 9.17) is 28.4 Å². The second-order valence-electron chi connectivity index (χ2n) is 23.6. The topological polar surface area (TPSA) is 315 Å². The van der Waals surface area contributed by atoms with Crippen molar-refractivity contribution in [2.24, 2.45) is 50.2 Å². The molecule has 3 saturated heterocycles. The van der Waals surface area contributed by atoms with Crippen LogP contribution < -0.4 is 0 Å². The van der Waals surface area contributed by atoms with Crippen LogP contribution in [0.3, 0.4) is 0 Å². The normalized spacial score (nSPS) is 53.8. The van der Waals surface area contributed by atoms with Crippen LogP contribution in [0, 0.1) is 50.2 Å². The van der Waals surface area contributed by atoms with E-state index in [0.717, 1.165) is 31.3 Å².